The lowest BCUT2D eigenvalue weighted by Crippen LogP contribution is -2.33. The maximum Gasteiger partial charge on any atom is 0.240 e. The van der Waals surface area contributed by atoms with E-state index >= 15 is 0 Å². The number of hydrogen-bond acceptors (Lipinski definition) is 4. The molecule has 1 fully saturated rings. The molecule has 2 amide bonds. The molecule has 7 nitrogen and oxygen atoms in total. The first kappa shape index (κ1) is 18.8. The zero-order valence-electron chi connectivity index (χ0n) is 15.4. The summed E-state index contributed by atoms with van der Waals surface area (Å²) in [4.78, 5) is 26.1. The highest BCUT2D eigenvalue weighted by Gasteiger charge is 2.40. The summed E-state index contributed by atoms with van der Waals surface area (Å²) in [5.41, 5.74) is 1.28. The Morgan fingerprint density at radius 2 is 1.92 bits per heavy atom. The minimum Gasteiger partial charge on any atom is -0.343 e. The number of aryl methyl sites for hydroxylation is 1. The second-order valence-corrected chi connectivity index (χ2v) is 9.24. The fraction of sp³-hybridized carbons (Fsp3) is 0.556. The van der Waals surface area contributed by atoms with Crippen molar-refractivity contribution in [3.05, 3.63) is 23.3 Å². The molecular formula is C18H25N3O4S. The summed E-state index contributed by atoms with van der Waals surface area (Å²) in [6.45, 7) is 6.89. The second kappa shape index (κ2) is 6.66. The molecule has 0 saturated carbocycles. The molecule has 0 unspecified atom stereocenters. The van der Waals surface area contributed by atoms with Crippen LogP contribution in [0.2, 0.25) is 0 Å². The van der Waals surface area contributed by atoms with Crippen LogP contribution in [0.4, 0.5) is 5.69 Å². The van der Waals surface area contributed by atoms with Crippen molar-refractivity contribution < 1.29 is 18.0 Å². The molecule has 8 heteroatoms. The molecule has 0 aliphatic carbocycles. The fourth-order valence-corrected chi connectivity index (χ4v) is 4.60. The van der Waals surface area contributed by atoms with Gasteiger partial charge in [0.15, 0.2) is 0 Å². The van der Waals surface area contributed by atoms with E-state index in [0.717, 1.165) is 25.9 Å². The third-order valence-electron chi connectivity index (χ3n) is 5.19. The molecule has 1 saturated heterocycles. The monoisotopic (exact) mass is 379 g/mol. The smallest absolute Gasteiger partial charge is 0.240 e. The molecule has 2 aliphatic rings. The zero-order valence-corrected chi connectivity index (χ0v) is 16.2. The molecule has 1 aromatic rings. The maximum absolute atomic E-state index is 12.6. The lowest BCUT2D eigenvalue weighted by atomic mass is 9.85. The SMILES string of the molecule is Cc1cc(S(=O)(=O)NCCC(=O)N2CCCC2)cc2c1NC(=O)C2(C)C. The number of amides is 2. The van der Waals surface area contributed by atoms with Gasteiger partial charge < -0.3 is 10.2 Å². The lowest BCUT2D eigenvalue weighted by Gasteiger charge is -2.17. The summed E-state index contributed by atoms with van der Waals surface area (Å²) in [6, 6.07) is 3.09. The quantitative estimate of drug-likeness (QED) is 0.811. The highest BCUT2D eigenvalue weighted by Crippen LogP contribution is 2.40. The predicted octanol–water partition coefficient (Wildman–Crippen LogP) is 1.52. The van der Waals surface area contributed by atoms with Crippen molar-refractivity contribution in [2.75, 3.05) is 25.0 Å². The summed E-state index contributed by atoms with van der Waals surface area (Å²) in [5, 5.41) is 2.82. The molecule has 2 aliphatic heterocycles. The molecule has 0 atom stereocenters. The second-order valence-electron chi connectivity index (χ2n) is 7.48. The van der Waals surface area contributed by atoms with Gasteiger partial charge in [0.05, 0.1) is 10.3 Å². The fourth-order valence-electron chi connectivity index (χ4n) is 3.46. The number of nitrogens with zero attached hydrogens (tertiary/aromatic N) is 1. The van der Waals surface area contributed by atoms with Crippen molar-refractivity contribution in [3.8, 4) is 0 Å². The molecule has 3 rings (SSSR count). The number of sulfonamides is 1. The van der Waals surface area contributed by atoms with Crippen LogP contribution in [-0.2, 0) is 25.0 Å². The van der Waals surface area contributed by atoms with Crippen LogP contribution >= 0.6 is 0 Å². The van der Waals surface area contributed by atoms with Crippen LogP contribution in [0.5, 0.6) is 0 Å². The van der Waals surface area contributed by atoms with E-state index in [0.29, 0.717) is 16.8 Å². The van der Waals surface area contributed by atoms with Gasteiger partial charge >= 0.3 is 0 Å². The minimum absolute atomic E-state index is 0.0220. The number of benzene rings is 1. The number of carbonyl (C=O) groups excluding carboxylic acids is 2. The Kier molecular flexibility index (Phi) is 4.83. The third-order valence-corrected chi connectivity index (χ3v) is 6.63. The average Bonchev–Trinajstić information content (AvgIpc) is 3.16. The number of likely N-dealkylation sites (tertiary alicyclic amines) is 1. The van der Waals surface area contributed by atoms with Crippen molar-refractivity contribution in [1.29, 1.82) is 0 Å². The highest BCUT2D eigenvalue weighted by molar-refractivity contribution is 7.89. The number of anilines is 1. The third kappa shape index (κ3) is 3.35. The summed E-state index contributed by atoms with van der Waals surface area (Å²) in [5.74, 6) is -0.166. The molecule has 1 aromatic carbocycles. The van der Waals surface area contributed by atoms with Gasteiger partial charge in [-0.15, -0.1) is 0 Å². The van der Waals surface area contributed by atoms with E-state index in [1.54, 1.807) is 37.8 Å². The van der Waals surface area contributed by atoms with Crippen molar-refractivity contribution in [1.82, 2.24) is 9.62 Å². The largest absolute Gasteiger partial charge is 0.343 e. The highest BCUT2D eigenvalue weighted by atomic mass is 32.2. The van der Waals surface area contributed by atoms with Crippen molar-refractivity contribution in [2.24, 2.45) is 0 Å². The van der Waals surface area contributed by atoms with Gasteiger partial charge in [0.2, 0.25) is 21.8 Å². The number of rotatable bonds is 5. The van der Waals surface area contributed by atoms with Crippen LogP contribution in [0.3, 0.4) is 0 Å². The first-order valence-corrected chi connectivity index (χ1v) is 10.4. The van der Waals surface area contributed by atoms with E-state index in [9.17, 15) is 18.0 Å². The van der Waals surface area contributed by atoms with Crippen molar-refractivity contribution in [2.45, 2.75) is 50.3 Å². The van der Waals surface area contributed by atoms with Gasteiger partial charge in [-0.1, -0.05) is 0 Å². The van der Waals surface area contributed by atoms with E-state index in [1.165, 1.54) is 0 Å². The predicted molar refractivity (Wildman–Crippen MR) is 98.5 cm³/mol. The van der Waals surface area contributed by atoms with Gasteiger partial charge in [0.1, 0.15) is 0 Å². The van der Waals surface area contributed by atoms with Gasteiger partial charge in [-0.3, -0.25) is 9.59 Å². The van der Waals surface area contributed by atoms with E-state index in [1.807, 2.05) is 0 Å². The number of nitrogens with one attached hydrogen (secondary N) is 2. The van der Waals surface area contributed by atoms with E-state index < -0.39 is 15.4 Å². The van der Waals surface area contributed by atoms with Gasteiger partial charge in [-0.2, -0.15) is 0 Å². The summed E-state index contributed by atoms with van der Waals surface area (Å²) in [6.07, 6.45) is 2.16. The van der Waals surface area contributed by atoms with Crippen LogP contribution < -0.4 is 10.0 Å². The Morgan fingerprint density at radius 3 is 2.58 bits per heavy atom. The Labute approximate surface area is 154 Å². The Morgan fingerprint density at radius 1 is 1.27 bits per heavy atom. The maximum atomic E-state index is 12.6. The average molecular weight is 379 g/mol. The van der Waals surface area contributed by atoms with Crippen LogP contribution in [-0.4, -0.2) is 44.8 Å². The first-order valence-electron chi connectivity index (χ1n) is 8.87. The molecule has 26 heavy (non-hydrogen) atoms. The van der Waals surface area contributed by atoms with Crippen LogP contribution in [0.1, 0.15) is 44.2 Å². The molecule has 0 spiro atoms. The van der Waals surface area contributed by atoms with E-state index in [2.05, 4.69) is 10.0 Å². The van der Waals surface area contributed by atoms with Gasteiger partial charge in [0.25, 0.3) is 0 Å². The summed E-state index contributed by atoms with van der Waals surface area (Å²) in [7, 11) is -3.75. The standard InChI is InChI=1S/C18H25N3O4S/c1-12-10-13(11-14-16(12)20-17(23)18(14,2)3)26(24,25)19-7-6-15(22)21-8-4-5-9-21/h10-11,19H,4-9H2,1-3H3,(H,20,23). The Hall–Kier alpha value is -1.93. The van der Waals surface area contributed by atoms with E-state index in [4.69, 9.17) is 0 Å². The van der Waals surface area contributed by atoms with Crippen LogP contribution in [0.25, 0.3) is 0 Å². The van der Waals surface area contributed by atoms with Crippen molar-refractivity contribution in [3.63, 3.8) is 0 Å². The molecule has 0 radical (unpaired) electrons. The molecule has 2 heterocycles. The number of fused-ring (bicyclic) bond motifs is 1. The Balaban J connectivity index is 1.74. The molecule has 142 valence electrons. The summed E-state index contributed by atoms with van der Waals surface area (Å²) >= 11 is 0. The lowest BCUT2D eigenvalue weighted by molar-refractivity contribution is -0.129. The van der Waals surface area contributed by atoms with E-state index in [-0.39, 0.29) is 29.7 Å². The van der Waals surface area contributed by atoms with Gasteiger partial charge in [0, 0.05) is 31.7 Å². The van der Waals surface area contributed by atoms with Crippen molar-refractivity contribution >= 4 is 27.5 Å². The molecule has 0 bridgehead atoms. The minimum atomic E-state index is -3.75. The number of carbonyl (C=O) groups is 2. The zero-order chi connectivity index (χ0) is 19.1. The van der Waals surface area contributed by atoms with Crippen LogP contribution in [0, 0.1) is 6.92 Å². The number of hydrogen-bond donors (Lipinski definition) is 2. The first-order chi connectivity index (χ1) is 12.1. The normalized spacial score (nSPS) is 18.7. The topological polar surface area (TPSA) is 95.6 Å². The summed E-state index contributed by atoms with van der Waals surface area (Å²) < 4.78 is 27.8. The molecule has 0 aromatic heterocycles. The van der Waals surface area contributed by atoms with Gasteiger partial charge in [-0.05, 0) is 56.9 Å². The van der Waals surface area contributed by atoms with Gasteiger partial charge in [-0.25, -0.2) is 13.1 Å². The molecular weight excluding hydrogens is 354 g/mol. The Bertz CT molecular complexity index is 855. The van der Waals surface area contributed by atoms with Crippen LogP contribution in [0.15, 0.2) is 17.0 Å². The molecule has 2 N–H and O–H groups in total.